The second-order valence-electron chi connectivity index (χ2n) is 3.86. The molecule has 2 amide bonds. The fourth-order valence-electron chi connectivity index (χ4n) is 1.36. The maximum absolute atomic E-state index is 12.9. The summed E-state index contributed by atoms with van der Waals surface area (Å²) in [6.45, 7) is 1.64. The Kier molecular flexibility index (Phi) is 3.99. The van der Waals surface area contributed by atoms with Crippen molar-refractivity contribution in [2.75, 3.05) is 10.6 Å². The molecule has 0 fully saturated rings. The van der Waals surface area contributed by atoms with Gasteiger partial charge >= 0.3 is 11.8 Å². The van der Waals surface area contributed by atoms with Crippen LogP contribution in [0.5, 0.6) is 0 Å². The summed E-state index contributed by atoms with van der Waals surface area (Å²) in [5.41, 5.74) is 0.202. The highest BCUT2D eigenvalue weighted by Crippen LogP contribution is 2.19. The van der Waals surface area contributed by atoms with Gasteiger partial charge in [-0.25, -0.2) is 4.39 Å². The second kappa shape index (κ2) is 5.70. The molecule has 0 saturated carbocycles. The first kappa shape index (κ1) is 14.0. The van der Waals surface area contributed by atoms with Gasteiger partial charge in [-0.1, -0.05) is 16.8 Å². The van der Waals surface area contributed by atoms with Gasteiger partial charge in [0.2, 0.25) is 0 Å². The number of rotatable bonds is 2. The summed E-state index contributed by atoms with van der Waals surface area (Å²) in [5, 5.41) is 7.88. The van der Waals surface area contributed by atoms with Crippen LogP contribution in [0.3, 0.4) is 0 Å². The lowest BCUT2D eigenvalue weighted by molar-refractivity contribution is -0.133. The number of carbonyl (C=O) groups is 2. The van der Waals surface area contributed by atoms with Gasteiger partial charge in [-0.15, -0.1) is 0 Å². The summed E-state index contributed by atoms with van der Waals surface area (Å²) in [6.07, 6.45) is 0. The Morgan fingerprint density at radius 2 is 1.95 bits per heavy atom. The van der Waals surface area contributed by atoms with Crippen molar-refractivity contribution in [3.05, 3.63) is 40.9 Å². The zero-order valence-electron chi connectivity index (χ0n) is 10.2. The van der Waals surface area contributed by atoms with Crippen molar-refractivity contribution in [1.82, 2.24) is 5.16 Å². The van der Waals surface area contributed by atoms with E-state index in [1.807, 2.05) is 0 Å². The zero-order valence-corrected chi connectivity index (χ0v) is 11.0. The first-order chi connectivity index (χ1) is 9.45. The normalized spacial score (nSPS) is 10.2. The van der Waals surface area contributed by atoms with Crippen LogP contribution < -0.4 is 10.6 Å². The van der Waals surface area contributed by atoms with Gasteiger partial charge in [0.1, 0.15) is 11.6 Å². The van der Waals surface area contributed by atoms with E-state index in [2.05, 4.69) is 15.8 Å². The standard InChI is InChI=1S/C12H9ClFN3O3/c1-6-4-10(17-20-6)16-12(19)11(18)15-7-2-3-9(14)8(13)5-7/h2-5H,1H3,(H,15,18)(H,16,17,19). The molecule has 0 saturated heterocycles. The number of hydrogen-bond acceptors (Lipinski definition) is 4. The molecule has 1 heterocycles. The van der Waals surface area contributed by atoms with Gasteiger partial charge in [0.05, 0.1) is 5.02 Å². The van der Waals surface area contributed by atoms with Gasteiger partial charge < -0.3 is 9.84 Å². The number of nitrogens with one attached hydrogen (secondary N) is 2. The molecule has 0 radical (unpaired) electrons. The van der Waals surface area contributed by atoms with Crippen LogP contribution >= 0.6 is 11.6 Å². The molecular weight excluding hydrogens is 289 g/mol. The fraction of sp³-hybridized carbons (Fsp3) is 0.0833. The number of benzene rings is 1. The van der Waals surface area contributed by atoms with Crippen LogP contribution in [-0.2, 0) is 9.59 Å². The van der Waals surface area contributed by atoms with E-state index in [1.165, 1.54) is 18.2 Å². The van der Waals surface area contributed by atoms with Gasteiger partial charge in [-0.05, 0) is 25.1 Å². The van der Waals surface area contributed by atoms with Crippen LogP contribution in [-0.4, -0.2) is 17.0 Å². The number of amides is 2. The number of hydrogen-bond donors (Lipinski definition) is 2. The van der Waals surface area contributed by atoms with Crippen molar-refractivity contribution < 1.29 is 18.5 Å². The smallest absolute Gasteiger partial charge is 0.315 e. The molecule has 2 rings (SSSR count). The Balaban J connectivity index is 2.00. The number of halogens is 2. The average Bonchev–Trinajstić information content (AvgIpc) is 2.79. The summed E-state index contributed by atoms with van der Waals surface area (Å²) >= 11 is 5.56. The summed E-state index contributed by atoms with van der Waals surface area (Å²) in [6, 6.07) is 5.02. The minimum atomic E-state index is -0.937. The van der Waals surface area contributed by atoms with Crippen molar-refractivity contribution in [2.45, 2.75) is 6.92 Å². The number of anilines is 2. The molecule has 0 spiro atoms. The van der Waals surface area contributed by atoms with Gasteiger partial charge in [0.25, 0.3) is 0 Å². The van der Waals surface area contributed by atoms with Crippen LogP contribution in [0.4, 0.5) is 15.9 Å². The maximum atomic E-state index is 12.9. The van der Waals surface area contributed by atoms with Crippen LogP contribution in [0, 0.1) is 12.7 Å². The summed E-state index contributed by atoms with van der Waals surface area (Å²) in [7, 11) is 0. The molecule has 1 aromatic carbocycles. The van der Waals surface area contributed by atoms with Gasteiger partial charge in [-0.2, -0.15) is 0 Å². The molecule has 6 nitrogen and oxygen atoms in total. The Labute approximate surface area is 117 Å². The lowest BCUT2D eigenvalue weighted by Crippen LogP contribution is -2.29. The SMILES string of the molecule is Cc1cc(NC(=O)C(=O)Nc2ccc(F)c(Cl)c2)no1. The summed E-state index contributed by atoms with van der Waals surface area (Å²) < 4.78 is 17.7. The van der Waals surface area contributed by atoms with Crippen LogP contribution in [0.15, 0.2) is 28.8 Å². The third-order valence-corrected chi connectivity index (χ3v) is 2.54. The molecule has 2 N–H and O–H groups in total. The molecule has 0 atom stereocenters. The predicted octanol–water partition coefficient (Wildman–Crippen LogP) is 2.35. The lowest BCUT2D eigenvalue weighted by atomic mass is 10.3. The number of carbonyl (C=O) groups excluding carboxylic acids is 2. The number of aryl methyl sites for hydroxylation is 1. The molecule has 0 unspecified atom stereocenters. The Morgan fingerprint density at radius 1 is 1.25 bits per heavy atom. The summed E-state index contributed by atoms with van der Waals surface area (Å²) in [5.74, 6) is -1.87. The molecular formula is C12H9ClFN3O3. The van der Waals surface area contributed by atoms with Crippen molar-refractivity contribution in [1.29, 1.82) is 0 Å². The molecule has 8 heteroatoms. The Hall–Kier alpha value is -2.41. The molecule has 1 aromatic heterocycles. The van der Waals surface area contributed by atoms with Crippen molar-refractivity contribution in [2.24, 2.45) is 0 Å². The zero-order chi connectivity index (χ0) is 14.7. The maximum Gasteiger partial charge on any atom is 0.315 e. The largest absolute Gasteiger partial charge is 0.360 e. The molecule has 104 valence electrons. The molecule has 0 aliphatic rings. The van der Waals surface area contributed by atoms with Crippen LogP contribution in [0.2, 0.25) is 5.02 Å². The van der Waals surface area contributed by atoms with E-state index in [4.69, 9.17) is 16.1 Å². The van der Waals surface area contributed by atoms with Crippen LogP contribution in [0.1, 0.15) is 5.76 Å². The molecule has 2 aromatic rings. The highest BCUT2D eigenvalue weighted by atomic mass is 35.5. The summed E-state index contributed by atoms with van der Waals surface area (Å²) in [4.78, 5) is 23.2. The molecule has 0 aliphatic carbocycles. The third-order valence-electron chi connectivity index (χ3n) is 2.25. The topological polar surface area (TPSA) is 84.2 Å². The highest BCUT2D eigenvalue weighted by Gasteiger charge is 2.16. The third kappa shape index (κ3) is 3.33. The van der Waals surface area contributed by atoms with E-state index in [1.54, 1.807) is 6.92 Å². The number of aromatic nitrogens is 1. The van der Waals surface area contributed by atoms with E-state index in [-0.39, 0.29) is 16.5 Å². The van der Waals surface area contributed by atoms with Gasteiger partial charge in [-0.3, -0.25) is 14.9 Å². The number of nitrogens with zero attached hydrogens (tertiary/aromatic N) is 1. The molecule has 0 bridgehead atoms. The second-order valence-corrected chi connectivity index (χ2v) is 4.27. The Bertz CT molecular complexity index is 672. The van der Waals surface area contributed by atoms with E-state index in [0.717, 1.165) is 6.07 Å². The quantitative estimate of drug-likeness (QED) is 0.833. The van der Waals surface area contributed by atoms with E-state index < -0.39 is 17.6 Å². The monoisotopic (exact) mass is 297 g/mol. The minimum Gasteiger partial charge on any atom is -0.360 e. The van der Waals surface area contributed by atoms with Gasteiger partial charge in [0, 0.05) is 11.8 Å². The van der Waals surface area contributed by atoms with Crippen molar-refractivity contribution in [3.8, 4) is 0 Å². The average molecular weight is 298 g/mol. The predicted molar refractivity (Wildman–Crippen MR) is 69.9 cm³/mol. The lowest BCUT2D eigenvalue weighted by Gasteiger charge is -2.05. The highest BCUT2D eigenvalue weighted by molar-refractivity contribution is 6.43. The van der Waals surface area contributed by atoms with E-state index in [9.17, 15) is 14.0 Å². The van der Waals surface area contributed by atoms with Crippen LogP contribution in [0.25, 0.3) is 0 Å². The van der Waals surface area contributed by atoms with Crippen molar-refractivity contribution in [3.63, 3.8) is 0 Å². The Morgan fingerprint density at radius 3 is 2.55 bits per heavy atom. The van der Waals surface area contributed by atoms with E-state index >= 15 is 0 Å². The first-order valence-corrected chi connectivity index (χ1v) is 5.84. The van der Waals surface area contributed by atoms with Crippen molar-refractivity contribution >= 4 is 34.9 Å². The minimum absolute atomic E-state index is 0.125. The van der Waals surface area contributed by atoms with Gasteiger partial charge in [0.15, 0.2) is 5.82 Å². The fourth-order valence-corrected chi connectivity index (χ4v) is 1.54. The molecule has 0 aliphatic heterocycles. The molecule has 20 heavy (non-hydrogen) atoms. The van der Waals surface area contributed by atoms with E-state index in [0.29, 0.717) is 5.76 Å². The first-order valence-electron chi connectivity index (χ1n) is 5.46.